The summed E-state index contributed by atoms with van der Waals surface area (Å²) in [5.74, 6) is 1.25. The van der Waals surface area contributed by atoms with Crippen molar-refractivity contribution < 1.29 is 4.79 Å². The van der Waals surface area contributed by atoms with Crippen molar-refractivity contribution in [3.05, 3.63) is 27.7 Å². The fourth-order valence-corrected chi connectivity index (χ4v) is 2.95. The van der Waals surface area contributed by atoms with Crippen LogP contribution in [0.15, 0.2) is 12.1 Å². The molecule has 1 saturated carbocycles. The van der Waals surface area contributed by atoms with Gasteiger partial charge < -0.3 is 11.1 Å². The monoisotopic (exact) mass is 314 g/mol. The molecule has 2 rings (SSSR count). The van der Waals surface area contributed by atoms with E-state index >= 15 is 0 Å². The second-order valence-corrected chi connectivity index (χ2v) is 6.48. The number of carbonyl (C=O) groups is 1. The van der Waals surface area contributed by atoms with Crippen LogP contribution >= 0.6 is 23.2 Å². The van der Waals surface area contributed by atoms with E-state index in [0.717, 1.165) is 5.92 Å². The van der Waals surface area contributed by atoms with Crippen LogP contribution < -0.4 is 11.1 Å². The van der Waals surface area contributed by atoms with Crippen LogP contribution in [0.25, 0.3) is 0 Å². The molecule has 0 radical (unpaired) electrons. The van der Waals surface area contributed by atoms with Gasteiger partial charge >= 0.3 is 0 Å². The summed E-state index contributed by atoms with van der Waals surface area (Å²) in [4.78, 5) is 12.1. The molecule has 0 atom stereocenters. The molecule has 1 aliphatic carbocycles. The number of anilines is 1. The van der Waals surface area contributed by atoms with Crippen LogP contribution in [0.1, 0.15) is 43.0 Å². The van der Waals surface area contributed by atoms with Gasteiger partial charge in [0.05, 0.1) is 15.7 Å². The summed E-state index contributed by atoms with van der Waals surface area (Å²) in [6.45, 7) is 3.00. The van der Waals surface area contributed by atoms with E-state index < -0.39 is 0 Å². The maximum atomic E-state index is 12.1. The zero-order valence-electron chi connectivity index (χ0n) is 11.6. The lowest BCUT2D eigenvalue weighted by Crippen LogP contribution is -2.31. The number of hydrogen-bond acceptors (Lipinski definition) is 2. The number of benzene rings is 1. The van der Waals surface area contributed by atoms with Crippen molar-refractivity contribution in [1.82, 2.24) is 5.32 Å². The summed E-state index contributed by atoms with van der Waals surface area (Å²) in [6.07, 6.45) is 4.87. The Bertz CT molecular complexity index is 474. The van der Waals surface area contributed by atoms with Gasteiger partial charge in [-0.25, -0.2) is 0 Å². The molecule has 1 fully saturated rings. The van der Waals surface area contributed by atoms with Gasteiger partial charge in [0.1, 0.15) is 0 Å². The number of rotatable bonds is 3. The predicted octanol–water partition coefficient (Wildman–Crippen LogP) is 4.13. The molecular weight excluding hydrogens is 295 g/mol. The highest BCUT2D eigenvalue weighted by atomic mass is 35.5. The molecule has 0 unspecified atom stereocenters. The maximum absolute atomic E-state index is 12.1. The predicted molar refractivity (Wildman–Crippen MR) is 84.3 cm³/mol. The lowest BCUT2D eigenvalue weighted by molar-refractivity contribution is 0.0942. The number of nitrogens with one attached hydrogen (secondary N) is 1. The zero-order valence-corrected chi connectivity index (χ0v) is 13.1. The Morgan fingerprint density at radius 1 is 1.30 bits per heavy atom. The minimum Gasteiger partial charge on any atom is -0.397 e. The van der Waals surface area contributed by atoms with Gasteiger partial charge in [-0.3, -0.25) is 4.79 Å². The molecular formula is C15H20Cl2N2O. The lowest BCUT2D eigenvalue weighted by atomic mass is 9.83. The Labute approximate surface area is 129 Å². The molecule has 0 saturated heterocycles. The molecule has 0 spiro atoms. The standard InChI is InChI=1S/C15H20Cl2N2O/c1-9-2-4-10(5-3-9)8-19-15(20)11-6-12(16)14(17)13(18)7-11/h6-7,9-10H,2-5,8,18H2,1H3,(H,19,20). The first kappa shape index (κ1) is 15.5. The summed E-state index contributed by atoms with van der Waals surface area (Å²) < 4.78 is 0. The molecule has 1 amide bonds. The van der Waals surface area contributed by atoms with Crippen molar-refractivity contribution in [2.75, 3.05) is 12.3 Å². The van der Waals surface area contributed by atoms with Gasteiger partial charge in [-0.15, -0.1) is 0 Å². The first-order valence-electron chi connectivity index (χ1n) is 7.00. The van der Waals surface area contributed by atoms with Gasteiger partial charge in [0.25, 0.3) is 5.91 Å². The average Bonchev–Trinajstić information content (AvgIpc) is 2.43. The lowest BCUT2D eigenvalue weighted by Gasteiger charge is -2.26. The van der Waals surface area contributed by atoms with Crippen molar-refractivity contribution in [3.63, 3.8) is 0 Å². The van der Waals surface area contributed by atoms with E-state index in [1.807, 2.05) is 0 Å². The summed E-state index contributed by atoms with van der Waals surface area (Å²) in [7, 11) is 0. The summed E-state index contributed by atoms with van der Waals surface area (Å²) in [5, 5.41) is 3.57. The van der Waals surface area contributed by atoms with E-state index in [0.29, 0.717) is 33.8 Å². The van der Waals surface area contributed by atoms with E-state index in [4.69, 9.17) is 28.9 Å². The van der Waals surface area contributed by atoms with Crippen LogP contribution in [0.4, 0.5) is 5.69 Å². The zero-order chi connectivity index (χ0) is 14.7. The third-order valence-corrected chi connectivity index (χ3v) is 4.82. The van der Waals surface area contributed by atoms with Gasteiger partial charge in [-0.1, -0.05) is 43.0 Å². The fourth-order valence-electron chi connectivity index (χ4n) is 2.61. The van der Waals surface area contributed by atoms with Gasteiger partial charge in [-0.05, 0) is 36.8 Å². The molecule has 0 bridgehead atoms. The Morgan fingerprint density at radius 3 is 2.55 bits per heavy atom. The van der Waals surface area contributed by atoms with Crippen LogP contribution in [0, 0.1) is 11.8 Å². The highest BCUT2D eigenvalue weighted by molar-refractivity contribution is 6.43. The second-order valence-electron chi connectivity index (χ2n) is 5.70. The Hall–Kier alpha value is -0.930. The molecule has 1 aromatic carbocycles. The Morgan fingerprint density at radius 2 is 1.95 bits per heavy atom. The van der Waals surface area contributed by atoms with Crippen molar-refractivity contribution >= 4 is 34.8 Å². The molecule has 0 aromatic heterocycles. The summed E-state index contributed by atoms with van der Waals surface area (Å²) >= 11 is 11.8. The van der Waals surface area contributed by atoms with E-state index in [1.54, 1.807) is 12.1 Å². The van der Waals surface area contributed by atoms with Crippen LogP contribution in [0.2, 0.25) is 10.0 Å². The van der Waals surface area contributed by atoms with Crippen LogP contribution in [0.5, 0.6) is 0 Å². The molecule has 0 aliphatic heterocycles. The van der Waals surface area contributed by atoms with Gasteiger partial charge in [0, 0.05) is 12.1 Å². The van der Waals surface area contributed by atoms with Crippen LogP contribution in [0.3, 0.4) is 0 Å². The maximum Gasteiger partial charge on any atom is 0.251 e. The quantitative estimate of drug-likeness (QED) is 0.824. The molecule has 5 heteroatoms. The highest BCUT2D eigenvalue weighted by Crippen LogP contribution is 2.30. The van der Waals surface area contributed by atoms with E-state index in [9.17, 15) is 4.79 Å². The van der Waals surface area contributed by atoms with Gasteiger partial charge in [0.15, 0.2) is 0 Å². The molecule has 110 valence electrons. The molecule has 1 aliphatic rings. The first-order chi connectivity index (χ1) is 9.47. The van der Waals surface area contributed by atoms with Gasteiger partial charge in [-0.2, -0.15) is 0 Å². The first-order valence-corrected chi connectivity index (χ1v) is 7.75. The van der Waals surface area contributed by atoms with Gasteiger partial charge in [0.2, 0.25) is 0 Å². The molecule has 0 heterocycles. The third-order valence-electron chi connectivity index (χ3n) is 4.01. The number of amides is 1. The number of nitrogen functional groups attached to an aromatic ring is 1. The smallest absolute Gasteiger partial charge is 0.251 e. The topological polar surface area (TPSA) is 55.1 Å². The van der Waals surface area contributed by atoms with Crippen LogP contribution in [-0.4, -0.2) is 12.5 Å². The SMILES string of the molecule is CC1CCC(CNC(=O)c2cc(N)c(Cl)c(Cl)c2)CC1. The fraction of sp³-hybridized carbons (Fsp3) is 0.533. The molecule has 3 nitrogen and oxygen atoms in total. The second kappa shape index (κ2) is 6.68. The van der Waals surface area contributed by atoms with E-state index in [-0.39, 0.29) is 5.91 Å². The molecule has 1 aromatic rings. The highest BCUT2D eigenvalue weighted by Gasteiger charge is 2.19. The third kappa shape index (κ3) is 3.80. The molecule has 3 N–H and O–H groups in total. The van der Waals surface area contributed by atoms with Crippen molar-refractivity contribution in [2.24, 2.45) is 11.8 Å². The number of carbonyl (C=O) groups excluding carboxylic acids is 1. The van der Waals surface area contributed by atoms with Crippen molar-refractivity contribution in [2.45, 2.75) is 32.6 Å². The Kier molecular flexibility index (Phi) is 5.17. The largest absolute Gasteiger partial charge is 0.397 e. The minimum atomic E-state index is -0.145. The summed E-state index contributed by atoms with van der Waals surface area (Å²) in [5.41, 5.74) is 6.51. The number of halogens is 2. The summed E-state index contributed by atoms with van der Waals surface area (Å²) in [6, 6.07) is 3.12. The Balaban J connectivity index is 1.92. The normalized spacial score (nSPS) is 22.6. The van der Waals surface area contributed by atoms with Crippen molar-refractivity contribution in [1.29, 1.82) is 0 Å². The van der Waals surface area contributed by atoms with E-state index in [2.05, 4.69) is 12.2 Å². The minimum absolute atomic E-state index is 0.145. The molecule has 20 heavy (non-hydrogen) atoms. The average molecular weight is 315 g/mol. The number of nitrogens with two attached hydrogens (primary N) is 1. The van der Waals surface area contributed by atoms with Crippen molar-refractivity contribution in [3.8, 4) is 0 Å². The number of hydrogen-bond donors (Lipinski definition) is 2. The van der Waals surface area contributed by atoms with Crippen LogP contribution in [-0.2, 0) is 0 Å². The van der Waals surface area contributed by atoms with E-state index in [1.165, 1.54) is 25.7 Å².